The van der Waals surface area contributed by atoms with Crippen molar-refractivity contribution in [3.8, 4) is 0 Å². The molecule has 24 heavy (non-hydrogen) atoms. The molecule has 0 saturated heterocycles. The molecule has 2 amide bonds. The van der Waals surface area contributed by atoms with E-state index in [1.165, 1.54) is 0 Å². The van der Waals surface area contributed by atoms with Gasteiger partial charge in [-0.05, 0) is 24.1 Å². The molecular formula is C18H22N2O3S. The number of hydrogen-bond acceptors (Lipinski definition) is 3. The zero-order chi connectivity index (χ0) is 17.4. The van der Waals surface area contributed by atoms with Crippen molar-refractivity contribution in [2.75, 3.05) is 13.1 Å². The average Bonchev–Trinajstić information content (AvgIpc) is 2.61. The topological polar surface area (TPSA) is 75.3 Å². The quantitative estimate of drug-likeness (QED) is 0.809. The Hall–Kier alpha value is -2.34. The fourth-order valence-electron chi connectivity index (χ4n) is 2.34. The summed E-state index contributed by atoms with van der Waals surface area (Å²) in [6.07, 6.45) is 0.817. The number of amides is 2. The summed E-state index contributed by atoms with van der Waals surface area (Å²) in [5.74, 6) is 0. The zero-order valence-electron chi connectivity index (χ0n) is 13.6. The van der Waals surface area contributed by atoms with Gasteiger partial charge < -0.3 is 10.6 Å². The van der Waals surface area contributed by atoms with Crippen molar-refractivity contribution in [3.05, 3.63) is 66.2 Å². The predicted molar refractivity (Wildman–Crippen MR) is 94.5 cm³/mol. The minimum atomic E-state index is -3.61. The fraction of sp³-hybridized carbons (Fsp3) is 0.278. The molecule has 0 aliphatic heterocycles. The first-order valence-corrected chi connectivity index (χ1v) is 9.46. The maximum absolute atomic E-state index is 13.0. The molecule has 0 aromatic heterocycles. The van der Waals surface area contributed by atoms with E-state index < -0.39 is 15.1 Å². The third-order valence-corrected chi connectivity index (χ3v) is 5.72. The van der Waals surface area contributed by atoms with Gasteiger partial charge in [-0.3, -0.25) is 0 Å². The summed E-state index contributed by atoms with van der Waals surface area (Å²) in [4.78, 5) is 12.0. The average molecular weight is 346 g/mol. The number of nitrogens with one attached hydrogen (secondary N) is 2. The van der Waals surface area contributed by atoms with Crippen LogP contribution in [0.3, 0.4) is 0 Å². The Morgan fingerprint density at radius 1 is 0.958 bits per heavy atom. The van der Waals surface area contributed by atoms with E-state index in [-0.39, 0.29) is 17.5 Å². The minimum absolute atomic E-state index is 0.0107. The molecule has 2 aromatic carbocycles. The van der Waals surface area contributed by atoms with Crippen LogP contribution in [0, 0.1) is 0 Å². The van der Waals surface area contributed by atoms with Crippen LogP contribution >= 0.6 is 0 Å². The van der Waals surface area contributed by atoms with E-state index in [9.17, 15) is 13.2 Å². The highest BCUT2D eigenvalue weighted by molar-refractivity contribution is 7.91. The van der Waals surface area contributed by atoms with E-state index in [0.717, 1.165) is 6.42 Å². The van der Waals surface area contributed by atoms with Crippen molar-refractivity contribution in [2.45, 2.75) is 23.5 Å². The van der Waals surface area contributed by atoms with Crippen LogP contribution in [0.4, 0.5) is 4.79 Å². The first-order valence-electron chi connectivity index (χ1n) is 7.91. The number of carbonyl (C=O) groups is 1. The molecule has 6 heteroatoms. The van der Waals surface area contributed by atoms with E-state index in [4.69, 9.17) is 0 Å². The monoisotopic (exact) mass is 346 g/mol. The Bertz CT molecular complexity index is 746. The SMILES string of the molecule is CCCNC(=O)NC[C@H](c1ccccc1)S(=O)(=O)c1ccccc1. The first kappa shape index (κ1) is 18.0. The van der Waals surface area contributed by atoms with Crippen molar-refractivity contribution in [3.63, 3.8) is 0 Å². The van der Waals surface area contributed by atoms with E-state index >= 15 is 0 Å². The Kier molecular flexibility index (Phi) is 6.37. The normalized spacial score (nSPS) is 12.4. The number of urea groups is 1. The summed E-state index contributed by atoms with van der Waals surface area (Å²) in [5, 5.41) is 4.51. The second kappa shape index (κ2) is 8.49. The fourth-order valence-corrected chi connectivity index (χ4v) is 4.02. The molecule has 0 heterocycles. The van der Waals surface area contributed by atoms with Gasteiger partial charge in [-0.25, -0.2) is 13.2 Å². The minimum Gasteiger partial charge on any atom is -0.338 e. The van der Waals surface area contributed by atoms with Crippen LogP contribution in [0.25, 0.3) is 0 Å². The van der Waals surface area contributed by atoms with Crippen molar-refractivity contribution in [1.29, 1.82) is 0 Å². The lowest BCUT2D eigenvalue weighted by Gasteiger charge is -2.19. The summed E-state index contributed by atoms with van der Waals surface area (Å²) in [6, 6.07) is 16.9. The zero-order valence-corrected chi connectivity index (χ0v) is 14.4. The molecule has 0 aliphatic carbocycles. The summed E-state index contributed by atoms with van der Waals surface area (Å²) in [6.45, 7) is 2.51. The molecule has 1 atom stereocenters. The van der Waals surface area contributed by atoms with Crippen LogP contribution in [0.15, 0.2) is 65.6 Å². The van der Waals surface area contributed by atoms with Crippen molar-refractivity contribution >= 4 is 15.9 Å². The molecule has 2 N–H and O–H groups in total. The Balaban J connectivity index is 2.26. The van der Waals surface area contributed by atoms with Gasteiger partial charge in [0.15, 0.2) is 9.84 Å². The van der Waals surface area contributed by atoms with Crippen molar-refractivity contribution < 1.29 is 13.2 Å². The van der Waals surface area contributed by atoms with Crippen molar-refractivity contribution in [1.82, 2.24) is 10.6 Å². The standard InChI is InChI=1S/C18H22N2O3S/c1-2-13-19-18(21)20-14-17(15-9-5-3-6-10-15)24(22,23)16-11-7-4-8-12-16/h3-12,17H,2,13-14H2,1H3,(H2,19,20,21)/t17-/m1/s1. The molecular weight excluding hydrogens is 324 g/mol. The molecule has 0 saturated carbocycles. The second-order valence-electron chi connectivity index (χ2n) is 5.39. The number of rotatable bonds is 7. The third kappa shape index (κ3) is 4.58. The van der Waals surface area contributed by atoms with E-state index in [1.807, 2.05) is 13.0 Å². The number of carbonyl (C=O) groups excluding carboxylic acids is 1. The number of sulfone groups is 1. The van der Waals surface area contributed by atoms with E-state index in [1.54, 1.807) is 54.6 Å². The van der Waals surface area contributed by atoms with Crippen LogP contribution in [-0.4, -0.2) is 27.5 Å². The predicted octanol–water partition coefficient (Wildman–Crippen LogP) is 2.91. The summed E-state index contributed by atoms with van der Waals surface area (Å²) in [7, 11) is -3.61. The lowest BCUT2D eigenvalue weighted by molar-refractivity contribution is 0.241. The molecule has 0 spiro atoms. The van der Waals surface area contributed by atoms with Gasteiger partial charge in [0.05, 0.1) is 4.90 Å². The Morgan fingerprint density at radius 3 is 2.12 bits per heavy atom. The van der Waals surface area contributed by atoms with Gasteiger partial charge in [-0.1, -0.05) is 55.5 Å². The molecule has 0 radical (unpaired) electrons. The molecule has 2 aromatic rings. The number of hydrogen-bond donors (Lipinski definition) is 2. The molecule has 128 valence electrons. The summed E-state index contributed by atoms with van der Waals surface area (Å²) in [5.41, 5.74) is 0.650. The maximum atomic E-state index is 13.0. The van der Waals surface area contributed by atoms with Crippen LogP contribution in [0.5, 0.6) is 0 Å². The van der Waals surface area contributed by atoms with Crippen LogP contribution in [0.2, 0.25) is 0 Å². The van der Waals surface area contributed by atoms with Crippen molar-refractivity contribution in [2.24, 2.45) is 0 Å². The van der Waals surface area contributed by atoms with Gasteiger partial charge in [0, 0.05) is 13.1 Å². The van der Waals surface area contributed by atoms with Gasteiger partial charge in [0.2, 0.25) is 0 Å². The third-order valence-electron chi connectivity index (χ3n) is 3.60. The van der Waals surface area contributed by atoms with Crippen LogP contribution in [-0.2, 0) is 9.84 Å². The highest BCUT2D eigenvalue weighted by Crippen LogP contribution is 2.28. The molecule has 0 bridgehead atoms. The highest BCUT2D eigenvalue weighted by atomic mass is 32.2. The second-order valence-corrected chi connectivity index (χ2v) is 7.52. The Morgan fingerprint density at radius 2 is 1.54 bits per heavy atom. The lowest BCUT2D eigenvalue weighted by Crippen LogP contribution is -2.39. The highest BCUT2D eigenvalue weighted by Gasteiger charge is 2.29. The molecule has 2 rings (SSSR count). The number of benzene rings is 2. The molecule has 0 aliphatic rings. The summed E-state index contributed by atoms with van der Waals surface area (Å²) < 4.78 is 26.0. The van der Waals surface area contributed by atoms with E-state index in [0.29, 0.717) is 12.1 Å². The van der Waals surface area contributed by atoms with E-state index in [2.05, 4.69) is 10.6 Å². The van der Waals surface area contributed by atoms with Gasteiger partial charge >= 0.3 is 6.03 Å². The van der Waals surface area contributed by atoms with Gasteiger partial charge in [0.25, 0.3) is 0 Å². The van der Waals surface area contributed by atoms with Crippen LogP contribution < -0.4 is 10.6 Å². The Labute approximate surface area is 143 Å². The molecule has 0 fully saturated rings. The van der Waals surface area contributed by atoms with Gasteiger partial charge in [-0.15, -0.1) is 0 Å². The van der Waals surface area contributed by atoms with Gasteiger partial charge in [0.1, 0.15) is 5.25 Å². The smallest absolute Gasteiger partial charge is 0.314 e. The molecule has 0 unspecified atom stereocenters. The molecule has 5 nitrogen and oxygen atoms in total. The largest absolute Gasteiger partial charge is 0.338 e. The maximum Gasteiger partial charge on any atom is 0.314 e. The van der Waals surface area contributed by atoms with Crippen LogP contribution in [0.1, 0.15) is 24.2 Å². The lowest BCUT2D eigenvalue weighted by atomic mass is 10.1. The van der Waals surface area contributed by atoms with Gasteiger partial charge in [-0.2, -0.15) is 0 Å². The summed E-state index contributed by atoms with van der Waals surface area (Å²) >= 11 is 0. The first-order chi connectivity index (χ1) is 11.6.